The number of carboxylic acids is 1. The number of aliphatic carboxylic acids is 1. The third-order valence-electron chi connectivity index (χ3n) is 5.96. The first kappa shape index (κ1) is 26.1. The Balaban J connectivity index is 0.000000405. The highest BCUT2D eigenvalue weighted by Crippen LogP contribution is 2.34. The Labute approximate surface area is 208 Å². The molecule has 0 saturated carbocycles. The van der Waals surface area contributed by atoms with E-state index in [9.17, 15) is 22.4 Å². The molecule has 0 unspecified atom stereocenters. The van der Waals surface area contributed by atoms with Gasteiger partial charge in [-0.2, -0.15) is 18.3 Å². The summed E-state index contributed by atoms with van der Waals surface area (Å²) in [6.07, 6.45) is -1.33. The molecule has 2 amide bonds. The van der Waals surface area contributed by atoms with Crippen molar-refractivity contribution in [3.8, 4) is 0 Å². The molecule has 14 heteroatoms. The number of piperazine rings is 1. The number of carbonyl (C=O) groups is 2. The highest BCUT2D eigenvalue weighted by atomic mass is 19.4. The number of carbonyl (C=O) groups excluding carboxylic acids is 1. The zero-order valence-electron chi connectivity index (χ0n) is 20.0. The van der Waals surface area contributed by atoms with Crippen LogP contribution >= 0.6 is 0 Å². The van der Waals surface area contributed by atoms with Gasteiger partial charge in [0.05, 0.1) is 23.1 Å². The van der Waals surface area contributed by atoms with Gasteiger partial charge in [0.2, 0.25) is 0 Å². The van der Waals surface area contributed by atoms with Crippen LogP contribution in [0.5, 0.6) is 0 Å². The Morgan fingerprint density at radius 2 is 1.97 bits per heavy atom. The molecule has 10 nitrogen and oxygen atoms in total. The molecule has 1 saturated heterocycles. The summed E-state index contributed by atoms with van der Waals surface area (Å²) >= 11 is 0. The molecule has 5 heterocycles. The quantitative estimate of drug-likeness (QED) is 0.442. The molecule has 3 N–H and O–H groups in total. The molecular weight excluding hydrogens is 498 g/mol. The van der Waals surface area contributed by atoms with Crippen LogP contribution in [-0.4, -0.2) is 70.1 Å². The maximum absolute atomic E-state index is 14.5. The minimum atomic E-state index is -5.08. The van der Waals surface area contributed by atoms with Crippen molar-refractivity contribution in [3.63, 3.8) is 0 Å². The zero-order chi connectivity index (χ0) is 26.9. The van der Waals surface area contributed by atoms with Crippen LogP contribution in [0.1, 0.15) is 18.2 Å². The predicted octanol–water partition coefficient (Wildman–Crippen LogP) is 3.20. The Morgan fingerprint density at radius 3 is 2.65 bits per heavy atom. The summed E-state index contributed by atoms with van der Waals surface area (Å²) in [7, 11) is 0. The van der Waals surface area contributed by atoms with Gasteiger partial charge in [-0.3, -0.25) is 4.90 Å². The van der Waals surface area contributed by atoms with Crippen molar-refractivity contribution in [2.75, 3.05) is 41.3 Å². The van der Waals surface area contributed by atoms with Gasteiger partial charge in [0.25, 0.3) is 0 Å². The fourth-order valence-electron chi connectivity index (χ4n) is 4.34. The highest BCUT2D eigenvalue weighted by molar-refractivity contribution is 6.03. The Hall–Kier alpha value is -3.94. The number of hydrogen-bond acceptors (Lipinski definition) is 6. The summed E-state index contributed by atoms with van der Waals surface area (Å²) in [5.74, 6) is -2.64. The summed E-state index contributed by atoms with van der Waals surface area (Å²) < 4.78 is 47.7. The van der Waals surface area contributed by atoms with Crippen LogP contribution in [0.15, 0.2) is 30.6 Å². The van der Waals surface area contributed by atoms with Gasteiger partial charge in [-0.25, -0.2) is 23.5 Å². The molecule has 0 radical (unpaired) electrons. The van der Waals surface area contributed by atoms with Crippen molar-refractivity contribution in [3.05, 3.63) is 47.7 Å². The minimum Gasteiger partial charge on any atom is -0.475 e. The minimum absolute atomic E-state index is 0.132. The summed E-state index contributed by atoms with van der Waals surface area (Å²) in [6.45, 7) is 7.29. The smallest absolute Gasteiger partial charge is 0.475 e. The molecule has 0 aliphatic carbocycles. The van der Waals surface area contributed by atoms with Gasteiger partial charge >= 0.3 is 18.2 Å². The molecule has 0 aromatic carbocycles. The van der Waals surface area contributed by atoms with E-state index in [1.807, 2.05) is 19.1 Å². The second kappa shape index (κ2) is 10.2. The van der Waals surface area contributed by atoms with Crippen LogP contribution in [0.2, 0.25) is 0 Å². The number of fused-ring (bicyclic) bond motifs is 2. The number of hydrogen-bond donors (Lipinski definition) is 3. The maximum atomic E-state index is 14.5. The topological polar surface area (TPSA) is 115 Å². The molecule has 37 heavy (non-hydrogen) atoms. The van der Waals surface area contributed by atoms with Crippen LogP contribution in [-0.2, 0) is 11.2 Å². The number of halogens is 4. The molecule has 3 aromatic rings. The average Bonchev–Trinajstić information content (AvgIpc) is 3.41. The molecule has 2 aliphatic heterocycles. The first-order valence-electron chi connectivity index (χ1n) is 11.4. The first-order chi connectivity index (χ1) is 17.4. The number of aromatic nitrogens is 3. The molecule has 5 rings (SSSR count). The zero-order valence-corrected chi connectivity index (χ0v) is 20.0. The van der Waals surface area contributed by atoms with E-state index in [0.717, 1.165) is 48.5 Å². The van der Waals surface area contributed by atoms with Gasteiger partial charge in [0.15, 0.2) is 5.82 Å². The molecule has 2 aliphatic rings. The van der Waals surface area contributed by atoms with E-state index in [0.29, 0.717) is 18.4 Å². The van der Waals surface area contributed by atoms with Crippen LogP contribution in [0.3, 0.4) is 0 Å². The van der Waals surface area contributed by atoms with Crippen LogP contribution in [0.25, 0.3) is 5.52 Å². The SMILES string of the molecule is Cc1cc2cc(NC(=O)N3CCc4c(N5CCN[C@@H](C)C5)ccnc43)c(F)cn2n1.O=C(O)C(F)(F)F. The van der Waals surface area contributed by atoms with E-state index < -0.39 is 18.0 Å². The van der Waals surface area contributed by atoms with Gasteiger partial charge in [0.1, 0.15) is 5.82 Å². The number of rotatable bonds is 2. The van der Waals surface area contributed by atoms with Gasteiger partial charge in [-0.1, -0.05) is 0 Å². The van der Waals surface area contributed by atoms with Crippen molar-refractivity contribution < 1.29 is 32.3 Å². The number of urea groups is 1. The van der Waals surface area contributed by atoms with Crippen molar-refractivity contribution in [2.24, 2.45) is 0 Å². The van der Waals surface area contributed by atoms with Gasteiger partial charge in [-0.15, -0.1) is 0 Å². The number of pyridine rings is 2. The molecular formula is C23H25F4N7O3. The van der Waals surface area contributed by atoms with Crippen molar-refractivity contribution in [2.45, 2.75) is 32.5 Å². The van der Waals surface area contributed by atoms with Gasteiger partial charge in [-0.05, 0) is 38.5 Å². The molecule has 1 fully saturated rings. The van der Waals surface area contributed by atoms with Gasteiger partial charge < -0.3 is 20.6 Å². The number of aryl methyl sites for hydroxylation is 1. The summed E-state index contributed by atoms with van der Waals surface area (Å²) in [4.78, 5) is 30.3. The fraction of sp³-hybridized carbons (Fsp3) is 0.391. The third-order valence-corrected chi connectivity index (χ3v) is 5.96. The molecule has 198 valence electrons. The van der Waals surface area contributed by atoms with E-state index >= 15 is 0 Å². The monoisotopic (exact) mass is 523 g/mol. The Morgan fingerprint density at radius 1 is 1.24 bits per heavy atom. The Kier molecular flexibility index (Phi) is 7.21. The summed E-state index contributed by atoms with van der Waals surface area (Å²) in [5.41, 5.74) is 3.84. The fourth-order valence-corrected chi connectivity index (χ4v) is 4.34. The Bertz CT molecular complexity index is 1330. The summed E-state index contributed by atoms with van der Waals surface area (Å²) in [5, 5.41) is 17.5. The number of carboxylic acid groups (broad SMARTS) is 1. The van der Waals surface area contributed by atoms with Gasteiger partial charge in [0, 0.05) is 49.7 Å². The lowest BCUT2D eigenvalue weighted by Gasteiger charge is -2.34. The average molecular weight is 523 g/mol. The normalized spacial score (nSPS) is 17.3. The second-order valence-corrected chi connectivity index (χ2v) is 8.76. The van der Waals surface area contributed by atoms with Crippen LogP contribution < -0.4 is 20.4 Å². The lowest BCUT2D eigenvalue weighted by molar-refractivity contribution is -0.192. The molecule has 1 atom stereocenters. The second-order valence-electron chi connectivity index (χ2n) is 8.76. The highest BCUT2D eigenvalue weighted by Gasteiger charge is 2.38. The summed E-state index contributed by atoms with van der Waals surface area (Å²) in [6, 6.07) is 5.48. The van der Waals surface area contributed by atoms with Crippen LogP contribution in [0.4, 0.5) is 39.5 Å². The van der Waals surface area contributed by atoms with E-state index in [-0.39, 0.29) is 11.7 Å². The van der Waals surface area contributed by atoms with E-state index in [1.54, 1.807) is 17.2 Å². The molecule has 0 bridgehead atoms. The maximum Gasteiger partial charge on any atom is 0.490 e. The number of nitrogens with one attached hydrogen (secondary N) is 2. The van der Waals surface area contributed by atoms with E-state index in [1.165, 1.54) is 10.7 Å². The standard InChI is InChI=1S/C21H24FN7O.C2HF3O2/c1-13-9-15-10-18(17(22)12-29(15)26-13)25-21(30)28-7-4-16-19(3-5-24-20(16)28)27-8-6-23-14(2)11-27;3-2(4,5)1(6)7/h3,5,9-10,12,14,23H,4,6-8,11H2,1-2H3,(H,25,30);(H,6,7)/t14-;/m0./s1. The van der Waals surface area contributed by atoms with E-state index in [2.05, 4.69) is 32.5 Å². The lowest BCUT2D eigenvalue weighted by Crippen LogP contribution is -2.49. The number of nitrogens with zero attached hydrogens (tertiary/aromatic N) is 5. The third kappa shape index (κ3) is 5.74. The van der Waals surface area contributed by atoms with E-state index in [4.69, 9.17) is 9.90 Å². The van der Waals surface area contributed by atoms with Crippen LogP contribution in [0, 0.1) is 12.7 Å². The molecule has 0 spiro atoms. The van der Waals surface area contributed by atoms with Crippen molar-refractivity contribution in [1.29, 1.82) is 0 Å². The van der Waals surface area contributed by atoms with Crippen molar-refractivity contribution >= 4 is 34.7 Å². The number of amides is 2. The van der Waals surface area contributed by atoms with Crippen molar-refractivity contribution in [1.82, 2.24) is 19.9 Å². The predicted molar refractivity (Wildman–Crippen MR) is 128 cm³/mol. The largest absolute Gasteiger partial charge is 0.490 e. The molecule has 3 aromatic heterocycles. The lowest BCUT2D eigenvalue weighted by atomic mass is 10.1. The first-order valence-corrected chi connectivity index (χ1v) is 11.4. The number of anilines is 3. The number of alkyl halides is 3.